The number of thiazole rings is 1. The third kappa shape index (κ3) is 4.52. The van der Waals surface area contributed by atoms with Gasteiger partial charge in [0.05, 0.1) is 11.4 Å². The Morgan fingerprint density at radius 2 is 1.96 bits per heavy atom. The molecule has 0 amide bonds. The third-order valence-electron chi connectivity index (χ3n) is 3.75. The fraction of sp³-hybridized carbons (Fsp3) is 0.105. The highest BCUT2D eigenvalue weighted by Crippen LogP contribution is 2.25. The van der Waals surface area contributed by atoms with Crippen molar-refractivity contribution >= 4 is 34.7 Å². The van der Waals surface area contributed by atoms with Gasteiger partial charge in [0.15, 0.2) is 5.16 Å². The highest BCUT2D eigenvalue weighted by molar-refractivity contribution is 7.98. The summed E-state index contributed by atoms with van der Waals surface area (Å²) in [5, 5.41) is 12.1. The first-order chi connectivity index (χ1) is 13.7. The molecule has 2 aromatic heterocycles. The van der Waals surface area contributed by atoms with Crippen LogP contribution in [0.25, 0.3) is 5.69 Å². The molecule has 0 aliphatic heterocycles. The van der Waals surface area contributed by atoms with E-state index in [1.807, 2.05) is 17.5 Å². The number of para-hydroxylation sites is 1. The first kappa shape index (κ1) is 18.9. The van der Waals surface area contributed by atoms with Crippen molar-refractivity contribution in [3.8, 4) is 11.4 Å². The quantitative estimate of drug-likeness (QED) is 0.366. The van der Waals surface area contributed by atoms with Crippen LogP contribution in [0.2, 0.25) is 5.02 Å². The van der Waals surface area contributed by atoms with Gasteiger partial charge in [-0.3, -0.25) is 4.57 Å². The van der Waals surface area contributed by atoms with Gasteiger partial charge in [-0.05, 0) is 36.4 Å². The smallest absolute Gasteiger partial charge is 0.196 e. The maximum Gasteiger partial charge on any atom is 0.196 e. The van der Waals surface area contributed by atoms with Gasteiger partial charge in [-0.1, -0.05) is 35.5 Å². The molecule has 0 spiro atoms. The molecule has 0 fully saturated rings. The van der Waals surface area contributed by atoms with E-state index >= 15 is 0 Å². The lowest BCUT2D eigenvalue weighted by atomic mass is 10.3. The SMILES string of the molecule is Fc1ccccc1-n1cnnc1SCc1csc(COc2ccc(Cl)cc2)n1. The molecule has 5 nitrogen and oxygen atoms in total. The average Bonchev–Trinajstić information content (AvgIpc) is 3.35. The number of benzene rings is 2. The van der Waals surface area contributed by atoms with Crippen molar-refractivity contribution in [2.24, 2.45) is 0 Å². The predicted molar refractivity (Wildman–Crippen MR) is 109 cm³/mol. The lowest BCUT2D eigenvalue weighted by Crippen LogP contribution is -1.98. The van der Waals surface area contributed by atoms with E-state index in [9.17, 15) is 4.39 Å². The molecule has 0 unspecified atom stereocenters. The van der Waals surface area contributed by atoms with Crippen molar-refractivity contribution < 1.29 is 9.13 Å². The zero-order valence-corrected chi connectivity index (χ0v) is 16.8. The van der Waals surface area contributed by atoms with Crippen molar-refractivity contribution in [1.82, 2.24) is 19.7 Å². The second-order valence-corrected chi connectivity index (χ2v) is 8.02. The molecule has 2 aromatic carbocycles. The largest absolute Gasteiger partial charge is 0.486 e. The molecule has 0 radical (unpaired) electrons. The Labute approximate surface area is 174 Å². The van der Waals surface area contributed by atoms with E-state index in [-0.39, 0.29) is 5.82 Å². The average molecular weight is 433 g/mol. The van der Waals surface area contributed by atoms with Gasteiger partial charge >= 0.3 is 0 Å². The molecule has 4 rings (SSSR count). The summed E-state index contributed by atoms with van der Waals surface area (Å²) in [6, 6.07) is 13.7. The molecule has 0 aliphatic rings. The Bertz CT molecular complexity index is 1070. The highest BCUT2D eigenvalue weighted by atomic mass is 35.5. The van der Waals surface area contributed by atoms with Crippen molar-refractivity contribution in [3.05, 3.63) is 81.8 Å². The molecular weight excluding hydrogens is 419 g/mol. The number of ether oxygens (including phenoxy) is 1. The maximum atomic E-state index is 14.0. The Morgan fingerprint density at radius 3 is 2.79 bits per heavy atom. The fourth-order valence-electron chi connectivity index (χ4n) is 2.43. The molecule has 0 bridgehead atoms. The molecule has 0 saturated heterocycles. The van der Waals surface area contributed by atoms with Crippen LogP contribution in [0, 0.1) is 5.82 Å². The van der Waals surface area contributed by atoms with Crippen molar-refractivity contribution in [2.75, 3.05) is 0 Å². The third-order valence-corrected chi connectivity index (χ3v) is 5.85. The van der Waals surface area contributed by atoms with E-state index in [0.29, 0.717) is 28.2 Å². The van der Waals surface area contributed by atoms with Crippen LogP contribution in [0.15, 0.2) is 65.4 Å². The fourth-order valence-corrected chi connectivity index (χ4v) is 4.18. The predicted octanol–water partition coefficient (Wildman–Crippen LogP) is 5.39. The summed E-state index contributed by atoms with van der Waals surface area (Å²) in [7, 11) is 0. The minimum Gasteiger partial charge on any atom is -0.486 e. The van der Waals surface area contributed by atoms with Crippen LogP contribution >= 0.6 is 34.7 Å². The number of halogens is 2. The first-order valence-corrected chi connectivity index (χ1v) is 10.5. The van der Waals surface area contributed by atoms with Gasteiger partial charge < -0.3 is 4.74 Å². The Hall–Kier alpha value is -2.42. The van der Waals surface area contributed by atoms with Gasteiger partial charge in [0, 0.05) is 16.2 Å². The molecule has 142 valence electrons. The maximum absolute atomic E-state index is 14.0. The number of aromatic nitrogens is 4. The molecule has 4 aromatic rings. The van der Waals surface area contributed by atoms with Crippen molar-refractivity contribution in [2.45, 2.75) is 17.5 Å². The summed E-state index contributed by atoms with van der Waals surface area (Å²) in [4.78, 5) is 4.58. The van der Waals surface area contributed by atoms with E-state index in [4.69, 9.17) is 16.3 Å². The van der Waals surface area contributed by atoms with Crippen LogP contribution in [0.4, 0.5) is 4.39 Å². The van der Waals surface area contributed by atoms with E-state index in [1.165, 1.54) is 35.5 Å². The van der Waals surface area contributed by atoms with Crippen LogP contribution in [-0.4, -0.2) is 19.7 Å². The van der Waals surface area contributed by atoms with E-state index in [2.05, 4.69) is 15.2 Å². The summed E-state index contributed by atoms with van der Waals surface area (Å²) in [5.41, 5.74) is 1.33. The van der Waals surface area contributed by atoms with Gasteiger partial charge in [-0.2, -0.15) is 0 Å². The lowest BCUT2D eigenvalue weighted by Gasteiger charge is -2.06. The van der Waals surface area contributed by atoms with Gasteiger partial charge in [0.2, 0.25) is 0 Å². The minimum atomic E-state index is -0.320. The lowest BCUT2D eigenvalue weighted by molar-refractivity contribution is 0.305. The Morgan fingerprint density at radius 1 is 1.14 bits per heavy atom. The number of hydrogen-bond acceptors (Lipinski definition) is 6. The Balaban J connectivity index is 1.37. The van der Waals surface area contributed by atoms with Crippen molar-refractivity contribution in [3.63, 3.8) is 0 Å². The second-order valence-electron chi connectivity index (χ2n) is 5.70. The molecule has 9 heteroatoms. The molecule has 0 saturated carbocycles. The number of rotatable bonds is 7. The molecule has 28 heavy (non-hydrogen) atoms. The summed E-state index contributed by atoms with van der Waals surface area (Å²) in [5.74, 6) is 1.03. The molecule has 0 aliphatic carbocycles. The van der Waals surface area contributed by atoms with Crippen LogP contribution in [0.3, 0.4) is 0 Å². The van der Waals surface area contributed by atoms with Gasteiger partial charge in [0.1, 0.15) is 29.5 Å². The molecule has 0 atom stereocenters. The zero-order chi connectivity index (χ0) is 19.3. The van der Waals surface area contributed by atoms with Crippen molar-refractivity contribution in [1.29, 1.82) is 0 Å². The van der Waals surface area contributed by atoms with Gasteiger partial charge in [0.25, 0.3) is 0 Å². The highest BCUT2D eigenvalue weighted by Gasteiger charge is 2.12. The first-order valence-electron chi connectivity index (χ1n) is 8.28. The number of nitrogens with zero attached hydrogens (tertiary/aromatic N) is 4. The van der Waals surface area contributed by atoms with Gasteiger partial charge in [-0.15, -0.1) is 21.5 Å². The number of hydrogen-bond donors (Lipinski definition) is 0. The summed E-state index contributed by atoms with van der Waals surface area (Å²) < 4.78 is 21.4. The topological polar surface area (TPSA) is 52.8 Å². The standard InChI is InChI=1S/C19H14ClFN4OS2/c20-13-5-7-15(8-6-13)26-9-18-23-14(10-27-18)11-28-19-24-22-12-25(19)17-4-2-1-3-16(17)21/h1-8,10,12H,9,11H2. The Kier molecular flexibility index (Phi) is 5.90. The minimum absolute atomic E-state index is 0.320. The zero-order valence-electron chi connectivity index (χ0n) is 14.5. The van der Waals surface area contributed by atoms with Gasteiger partial charge in [-0.25, -0.2) is 9.37 Å². The van der Waals surface area contributed by atoms with Crippen LogP contribution in [0.1, 0.15) is 10.7 Å². The summed E-state index contributed by atoms with van der Waals surface area (Å²) >= 11 is 8.85. The van der Waals surface area contributed by atoms with E-state index < -0.39 is 0 Å². The second kappa shape index (κ2) is 8.72. The summed E-state index contributed by atoms with van der Waals surface area (Å²) in [6.45, 7) is 0.391. The van der Waals surface area contributed by atoms with Crippen LogP contribution in [-0.2, 0) is 12.4 Å². The molecule has 0 N–H and O–H groups in total. The summed E-state index contributed by atoms with van der Waals surface area (Å²) in [6.07, 6.45) is 1.51. The molecular formula is C19H14ClFN4OS2. The van der Waals surface area contributed by atoms with Crippen LogP contribution in [0.5, 0.6) is 5.75 Å². The van der Waals surface area contributed by atoms with E-state index in [0.717, 1.165) is 16.5 Å². The normalized spacial score (nSPS) is 10.9. The number of thioether (sulfide) groups is 1. The van der Waals surface area contributed by atoms with E-state index in [1.54, 1.807) is 34.9 Å². The van der Waals surface area contributed by atoms with Crippen LogP contribution < -0.4 is 4.74 Å². The molecule has 2 heterocycles. The monoisotopic (exact) mass is 432 g/mol.